The van der Waals surface area contributed by atoms with E-state index in [-0.39, 0.29) is 6.10 Å². The molecule has 0 unspecified atom stereocenters. The number of benzene rings is 2. The second kappa shape index (κ2) is 7.74. The number of rotatable bonds is 7. The van der Waals surface area contributed by atoms with Gasteiger partial charge in [-0.15, -0.1) is 0 Å². The third-order valence-electron chi connectivity index (χ3n) is 3.66. The van der Waals surface area contributed by atoms with E-state index in [4.69, 9.17) is 23.7 Å². The summed E-state index contributed by atoms with van der Waals surface area (Å²) < 4.78 is 27.0. The first kappa shape index (κ1) is 17.0. The third kappa shape index (κ3) is 3.51. The Hall–Kier alpha value is -2.40. The molecule has 0 fully saturated rings. The van der Waals surface area contributed by atoms with E-state index in [1.807, 2.05) is 36.4 Å². The van der Waals surface area contributed by atoms with Crippen LogP contribution in [0.5, 0.6) is 23.0 Å². The second-order valence-corrected chi connectivity index (χ2v) is 4.84. The summed E-state index contributed by atoms with van der Waals surface area (Å²) in [6.07, 6.45) is -0.255. The summed E-state index contributed by atoms with van der Waals surface area (Å²) in [4.78, 5) is 0. The molecule has 0 aliphatic heterocycles. The quantitative estimate of drug-likeness (QED) is 0.782. The average molecular weight is 318 g/mol. The van der Waals surface area contributed by atoms with E-state index < -0.39 is 0 Å². The predicted octanol–water partition coefficient (Wildman–Crippen LogP) is 3.46. The first-order valence-corrected chi connectivity index (χ1v) is 7.15. The molecule has 0 radical (unpaired) electrons. The van der Waals surface area contributed by atoms with Crippen LogP contribution in [0.2, 0.25) is 0 Å². The molecule has 0 aliphatic rings. The van der Waals surface area contributed by atoms with Crippen molar-refractivity contribution in [3.8, 4) is 23.0 Å². The number of hydrogen-bond acceptors (Lipinski definition) is 5. The molecule has 2 rings (SSSR count). The minimum absolute atomic E-state index is 0.255. The fraction of sp³-hybridized carbons (Fsp3) is 0.333. The Bertz CT molecular complexity index is 598. The average Bonchev–Trinajstić information content (AvgIpc) is 2.61. The Balaban J connectivity index is 2.43. The number of hydrogen-bond donors (Lipinski definition) is 0. The molecule has 2 aromatic carbocycles. The zero-order valence-electron chi connectivity index (χ0n) is 14.1. The standard InChI is InChI=1S/C18H22O5/c1-19-14-8-6-12(10-16(14)21-3)18(23-5)13-7-9-15(20-2)17(11-13)22-4/h6-11,18H,1-5H3. The Labute approximate surface area is 136 Å². The van der Waals surface area contributed by atoms with Gasteiger partial charge in [0.2, 0.25) is 0 Å². The summed E-state index contributed by atoms with van der Waals surface area (Å²) in [7, 11) is 8.11. The fourth-order valence-corrected chi connectivity index (χ4v) is 2.50. The molecule has 0 spiro atoms. The van der Waals surface area contributed by atoms with Crippen LogP contribution in [0.4, 0.5) is 0 Å². The van der Waals surface area contributed by atoms with Crippen LogP contribution in [0.25, 0.3) is 0 Å². The van der Waals surface area contributed by atoms with E-state index in [9.17, 15) is 0 Å². The normalized spacial score (nSPS) is 10.5. The molecule has 0 saturated carbocycles. The lowest BCUT2D eigenvalue weighted by molar-refractivity contribution is 0.136. The highest BCUT2D eigenvalue weighted by Crippen LogP contribution is 2.36. The molecule has 5 heteroatoms. The topological polar surface area (TPSA) is 46.2 Å². The highest BCUT2D eigenvalue weighted by Gasteiger charge is 2.18. The summed E-state index contributed by atoms with van der Waals surface area (Å²) in [5.74, 6) is 2.68. The SMILES string of the molecule is COc1ccc(C(OC)c2ccc(OC)c(OC)c2)cc1OC. The molecular formula is C18H22O5. The van der Waals surface area contributed by atoms with Crippen molar-refractivity contribution in [1.29, 1.82) is 0 Å². The smallest absolute Gasteiger partial charge is 0.161 e. The van der Waals surface area contributed by atoms with Crippen molar-refractivity contribution in [2.45, 2.75) is 6.10 Å². The summed E-state index contributed by atoms with van der Waals surface area (Å²) in [5.41, 5.74) is 1.91. The van der Waals surface area contributed by atoms with Crippen molar-refractivity contribution in [3.05, 3.63) is 47.5 Å². The van der Waals surface area contributed by atoms with Crippen LogP contribution >= 0.6 is 0 Å². The molecule has 0 amide bonds. The molecule has 0 N–H and O–H groups in total. The Morgan fingerprint density at radius 2 is 0.957 bits per heavy atom. The molecule has 23 heavy (non-hydrogen) atoms. The zero-order valence-corrected chi connectivity index (χ0v) is 14.1. The van der Waals surface area contributed by atoms with Crippen molar-refractivity contribution in [1.82, 2.24) is 0 Å². The van der Waals surface area contributed by atoms with Crippen LogP contribution in [0.1, 0.15) is 17.2 Å². The Kier molecular flexibility index (Phi) is 5.71. The van der Waals surface area contributed by atoms with Crippen molar-refractivity contribution in [2.24, 2.45) is 0 Å². The summed E-state index contributed by atoms with van der Waals surface area (Å²) in [6.45, 7) is 0. The molecule has 0 aromatic heterocycles. The molecule has 0 bridgehead atoms. The van der Waals surface area contributed by atoms with Gasteiger partial charge >= 0.3 is 0 Å². The summed E-state index contributed by atoms with van der Waals surface area (Å²) in [5, 5.41) is 0. The van der Waals surface area contributed by atoms with Crippen molar-refractivity contribution < 1.29 is 23.7 Å². The minimum atomic E-state index is -0.255. The first-order chi connectivity index (χ1) is 11.2. The lowest BCUT2D eigenvalue weighted by Crippen LogP contribution is -2.05. The van der Waals surface area contributed by atoms with Gasteiger partial charge in [0, 0.05) is 7.11 Å². The van der Waals surface area contributed by atoms with Gasteiger partial charge in [0.25, 0.3) is 0 Å². The largest absolute Gasteiger partial charge is 0.493 e. The maximum atomic E-state index is 5.68. The van der Waals surface area contributed by atoms with Gasteiger partial charge in [-0.3, -0.25) is 0 Å². The lowest BCUT2D eigenvalue weighted by atomic mass is 10.0. The second-order valence-electron chi connectivity index (χ2n) is 4.84. The van der Waals surface area contributed by atoms with Gasteiger partial charge in [0.15, 0.2) is 23.0 Å². The van der Waals surface area contributed by atoms with Crippen LogP contribution in [0.3, 0.4) is 0 Å². The van der Waals surface area contributed by atoms with Gasteiger partial charge in [-0.05, 0) is 35.4 Å². The van der Waals surface area contributed by atoms with E-state index in [1.54, 1.807) is 35.5 Å². The zero-order chi connectivity index (χ0) is 16.8. The number of ether oxygens (including phenoxy) is 5. The van der Waals surface area contributed by atoms with E-state index >= 15 is 0 Å². The summed E-state index contributed by atoms with van der Waals surface area (Å²) >= 11 is 0. The first-order valence-electron chi connectivity index (χ1n) is 7.15. The molecule has 5 nitrogen and oxygen atoms in total. The van der Waals surface area contributed by atoms with Gasteiger partial charge in [-0.1, -0.05) is 12.1 Å². The van der Waals surface area contributed by atoms with Gasteiger partial charge in [-0.2, -0.15) is 0 Å². The van der Waals surface area contributed by atoms with Crippen LogP contribution in [-0.4, -0.2) is 35.5 Å². The van der Waals surface area contributed by atoms with Gasteiger partial charge in [0.1, 0.15) is 6.10 Å². The van der Waals surface area contributed by atoms with Gasteiger partial charge < -0.3 is 23.7 Å². The molecular weight excluding hydrogens is 296 g/mol. The van der Waals surface area contributed by atoms with Crippen molar-refractivity contribution in [3.63, 3.8) is 0 Å². The lowest BCUT2D eigenvalue weighted by Gasteiger charge is -2.19. The summed E-state index contributed by atoms with van der Waals surface area (Å²) in [6, 6.07) is 11.4. The van der Waals surface area contributed by atoms with Gasteiger partial charge in [-0.25, -0.2) is 0 Å². The van der Waals surface area contributed by atoms with E-state index in [2.05, 4.69) is 0 Å². The monoisotopic (exact) mass is 318 g/mol. The number of methoxy groups -OCH3 is 5. The van der Waals surface area contributed by atoms with Crippen LogP contribution in [0.15, 0.2) is 36.4 Å². The molecule has 124 valence electrons. The van der Waals surface area contributed by atoms with E-state index in [0.29, 0.717) is 23.0 Å². The minimum Gasteiger partial charge on any atom is -0.493 e. The van der Waals surface area contributed by atoms with Gasteiger partial charge in [0.05, 0.1) is 28.4 Å². The van der Waals surface area contributed by atoms with Crippen molar-refractivity contribution >= 4 is 0 Å². The molecule has 2 aromatic rings. The van der Waals surface area contributed by atoms with Crippen LogP contribution in [0, 0.1) is 0 Å². The highest BCUT2D eigenvalue weighted by atomic mass is 16.5. The van der Waals surface area contributed by atoms with E-state index in [0.717, 1.165) is 11.1 Å². The molecule has 0 atom stereocenters. The van der Waals surface area contributed by atoms with Crippen molar-refractivity contribution in [2.75, 3.05) is 35.5 Å². The van der Waals surface area contributed by atoms with Crippen LogP contribution in [-0.2, 0) is 4.74 Å². The predicted molar refractivity (Wildman–Crippen MR) is 87.9 cm³/mol. The fourth-order valence-electron chi connectivity index (χ4n) is 2.50. The Morgan fingerprint density at radius 1 is 0.565 bits per heavy atom. The molecule has 0 heterocycles. The molecule has 0 aliphatic carbocycles. The maximum Gasteiger partial charge on any atom is 0.161 e. The third-order valence-corrected chi connectivity index (χ3v) is 3.66. The maximum absolute atomic E-state index is 5.68. The molecule has 0 saturated heterocycles. The van der Waals surface area contributed by atoms with E-state index in [1.165, 1.54) is 0 Å². The van der Waals surface area contributed by atoms with Crippen LogP contribution < -0.4 is 18.9 Å². The Morgan fingerprint density at radius 3 is 1.26 bits per heavy atom. The highest BCUT2D eigenvalue weighted by molar-refractivity contribution is 5.48.